The van der Waals surface area contributed by atoms with Crippen LogP contribution in [0.2, 0.25) is 0 Å². The van der Waals surface area contributed by atoms with Crippen LogP contribution in [0.5, 0.6) is 0 Å². The Kier molecular flexibility index (Phi) is 7.51. The molecule has 6 heteroatoms. The fourth-order valence-electron chi connectivity index (χ4n) is 0.570. The molecule has 1 atom stereocenters. The van der Waals surface area contributed by atoms with E-state index in [1.807, 2.05) is 0 Å². The van der Waals surface area contributed by atoms with Gasteiger partial charge in [0.15, 0.2) is 5.56 Å². The zero-order valence-electron chi connectivity index (χ0n) is 7.56. The van der Waals surface area contributed by atoms with Crippen LogP contribution in [-0.4, -0.2) is 37.0 Å². The molecular weight excluding hydrogens is 238 g/mol. The zero-order chi connectivity index (χ0) is 10.3. The molecule has 0 aliphatic rings. The SMILES string of the molecule is CCOC(Cl)C(Cl)(Cl)OCCOC. The number of ether oxygens (including phenoxy) is 3. The molecule has 0 aliphatic heterocycles. The molecule has 0 saturated carbocycles. The van der Waals surface area contributed by atoms with Crippen molar-refractivity contribution >= 4 is 34.8 Å². The van der Waals surface area contributed by atoms with Gasteiger partial charge in [0.05, 0.1) is 13.2 Å². The van der Waals surface area contributed by atoms with Gasteiger partial charge in [-0.2, -0.15) is 0 Å². The van der Waals surface area contributed by atoms with Crippen LogP contribution in [-0.2, 0) is 14.2 Å². The first-order chi connectivity index (χ1) is 6.04. The van der Waals surface area contributed by atoms with E-state index in [4.69, 9.17) is 49.0 Å². The molecule has 0 bridgehead atoms. The highest BCUT2D eigenvalue weighted by molar-refractivity contribution is 6.50. The van der Waals surface area contributed by atoms with Crippen LogP contribution in [0, 0.1) is 0 Å². The van der Waals surface area contributed by atoms with Crippen molar-refractivity contribution in [3.05, 3.63) is 0 Å². The lowest BCUT2D eigenvalue weighted by atomic mass is 10.7. The van der Waals surface area contributed by atoms with Gasteiger partial charge < -0.3 is 14.2 Å². The van der Waals surface area contributed by atoms with Crippen LogP contribution in [0.25, 0.3) is 0 Å². The van der Waals surface area contributed by atoms with Crippen molar-refractivity contribution < 1.29 is 14.2 Å². The van der Waals surface area contributed by atoms with Gasteiger partial charge in [-0.05, 0) is 6.92 Å². The molecule has 0 aliphatic carbocycles. The Balaban J connectivity index is 3.76. The zero-order valence-corrected chi connectivity index (χ0v) is 9.83. The molecule has 13 heavy (non-hydrogen) atoms. The molecule has 0 heterocycles. The van der Waals surface area contributed by atoms with Crippen LogP contribution in [0.1, 0.15) is 6.92 Å². The van der Waals surface area contributed by atoms with E-state index in [-0.39, 0.29) is 6.61 Å². The molecule has 0 saturated heterocycles. The molecule has 0 aromatic heterocycles. The quantitative estimate of drug-likeness (QED) is 0.514. The van der Waals surface area contributed by atoms with E-state index in [1.54, 1.807) is 14.0 Å². The topological polar surface area (TPSA) is 27.7 Å². The number of hydrogen-bond donors (Lipinski definition) is 0. The summed E-state index contributed by atoms with van der Waals surface area (Å²) >= 11 is 17.2. The summed E-state index contributed by atoms with van der Waals surface area (Å²) < 4.78 is 13.2. The van der Waals surface area contributed by atoms with Gasteiger partial charge in [-0.25, -0.2) is 0 Å². The number of methoxy groups -OCH3 is 1. The van der Waals surface area contributed by atoms with Gasteiger partial charge in [0.2, 0.25) is 0 Å². The van der Waals surface area contributed by atoms with E-state index in [0.717, 1.165) is 0 Å². The average molecular weight is 252 g/mol. The molecule has 0 N–H and O–H groups in total. The van der Waals surface area contributed by atoms with E-state index in [9.17, 15) is 0 Å². The Hall–Kier alpha value is 0.750. The maximum absolute atomic E-state index is 5.73. The molecule has 0 aromatic rings. The Morgan fingerprint density at radius 2 is 1.92 bits per heavy atom. The van der Waals surface area contributed by atoms with Gasteiger partial charge in [-0.15, -0.1) is 0 Å². The number of halogens is 3. The summed E-state index contributed by atoms with van der Waals surface area (Å²) in [6.07, 6.45) is 0. The maximum atomic E-state index is 5.73. The first-order valence-electron chi connectivity index (χ1n) is 3.81. The van der Waals surface area contributed by atoms with E-state index in [2.05, 4.69) is 0 Å². The first-order valence-corrected chi connectivity index (χ1v) is 5.00. The summed E-state index contributed by atoms with van der Waals surface area (Å²) in [5.74, 6) is 0. The Morgan fingerprint density at radius 3 is 2.38 bits per heavy atom. The fraction of sp³-hybridized carbons (Fsp3) is 1.00. The summed E-state index contributed by atoms with van der Waals surface area (Å²) in [6, 6.07) is 0. The number of alkyl halides is 3. The highest BCUT2D eigenvalue weighted by Gasteiger charge is 2.35. The molecule has 0 rings (SSSR count). The second-order valence-corrected chi connectivity index (χ2v) is 3.89. The maximum Gasteiger partial charge on any atom is 0.258 e. The summed E-state index contributed by atoms with van der Waals surface area (Å²) in [5, 5.41) is 0. The second-order valence-electron chi connectivity index (χ2n) is 2.17. The molecule has 0 spiro atoms. The third kappa shape index (κ3) is 5.94. The van der Waals surface area contributed by atoms with Crippen LogP contribution >= 0.6 is 34.8 Å². The molecule has 0 amide bonds. The summed E-state index contributed by atoms with van der Waals surface area (Å²) in [7, 11) is 1.55. The van der Waals surface area contributed by atoms with Crippen molar-refractivity contribution in [2.45, 2.75) is 17.0 Å². The van der Waals surface area contributed by atoms with Gasteiger partial charge in [0.1, 0.15) is 0 Å². The summed E-state index contributed by atoms with van der Waals surface area (Å²) in [4.78, 5) is 0. The van der Waals surface area contributed by atoms with E-state index in [1.165, 1.54) is 0 Å². The van der Waals surface area contributed by atoms with E-state index in [0.29, 0.717) is 13.2 Å². The molecule has 0 radical (unpaired) electrons. The third-order valence-electron chi connectivity index (χ3n) is 1.16. The molecular formula is C7H13Cl3O3. The molecule has 0 aromatic carbocycles. The largest absolute Gasteiger partial charge is 0.382 e. The van der Waals surface area contributed by atoms with Crippen LogP contribution < -0.4 is 0 Å². The van der Waals surface area contributed by atoms with Crippen molar-refractivity contribution in [1.29, 1.82) is 0 Å². The van der Waals surface area contributed by atoms with Gasteiger partial charge in [0.25, 0.3) is 4.52 Å². The Bertz CT molecular complexity index is 132. The monoisotopic (exact) mass is 250 g/mol. The summed E-state index contributed by atoms with van der Waals surface area (Å²) in [5.41, 5.74) is -0.891. The van der Waals surface area contributed by atoms with Crippen LogP contribution in [0.15, 0.2) is 0 Å². The first kappa shape index (κ1) is 13.8. The predicted octanol–water partition coefficient (Wildman–Crippen LogP) is 2.38. The standard InChI is InChI=1S/C7H13Cl3O3/c1-3-12-6(8)7(9,10)13-5-4-11-2/h6H,3-5H2,1-2H3. The smallest absolute Gasteiger partial charge is 0.258 e. The van der Waals surface area contributed by atoms with Crippen LogP contribution in [0.4, 0.5) is 0 Å². The minimum Gasteiger partial charge on any atom is -0.382 e. The van der Waals surface area contributed by atoms with Gasteiger partial charge in [-0.1, -0.05) is 34.8 Å². The predicted molar refractivity (Wildman–Crippen MR) is 53.5 cm³/mol. The molecule has 1 unspecified atom stereocenters. The Labute approximate surface area is 93.2 Å². The van der Waals surface area contributed by atoms with Crippen LogP contribution in [0.3, 0.4) is 0 Å². The van der Waals surface area contributed by atoms with Gasteiger partial charge in [0, 0.05) is 13.7 Å². The highest BCUT2D eigenvalue weighted by atomic mass is 35.5. The average Bonchev–Trinajstić information content (AvgIpc) is 2.05. The number of hydrogen-bond acceptors (Lipinski definition) is 3. The van der Waals surface area contributed by atoms with Crippen molar-refractivity contribution in [2.75, 3.05) is 26.9 Å². The van der Waals surface area contributed by atoms with Gasteiger partial charge >= 0.3 is 0 Å². The Morgan fingerprint density at radius 1 is 1.31 bits per heavy atom. The lowest BCUT2D eigenvalue weighted by Crippen LogP contribution is -2.33. The van der Waals surface area contributed by atoms with Crippen molar-refractivity contribution in [2.24, 2.45) is 0 Å². The molecule has 3 nitrogen and oxygen atoms in total. The van der Waals surface area contributed by atoms with Crippen molar-refractivity contribution in [3.63, 3.8) is 0 Å². The number of rotatable bonds is 7. The van der Waals surface area contributed by atoms with Gasteiger partial charge in [-0.3, -0.25) is 0 Å². The molecule has 0 fully saturated rings. The fourth-order valence-corrected chi connectivity index (χ4v) is 1.04. The van der Waals surface area contributed by atoms with E-state index < -0.39 is 10.1 Å². The third-order valence-corrected chi connectivity index (χ3v) is 2.43. The lowest BCUT2D eigenvalue weighted by Gasteiger charge is -2.24. The minimum atomic E-state index is -1.53. The lowest BCUT2D eigenvalue weighted by molar-refractivity contribution is -0.0307. The normalized spacial score (nSPS) is 14.5. The summed E-state index contributed by atoms with van der Waals surface area (Å²) in [6.45, 7) is 2.87. The van der Waals surface area contributed by atoms with Crippen molar-refractivity contribution in [1.82, 2.24) is 0 Å². The minimum absolute atomic E-state index is 0.264. The molecule has 80 valence electrons. The second kappa shape index (κ2) is 7.10. The van der Waals surface area contributed by atoms with E-state index >= 15 is 0 Å². The highest BCUT2D eigenvalue weighted by Crippen LogP contribution is 2.31. The van der Waals surface area contributed by atoms with Crippen molar-refractivity contribution in [3.8, 4) is 0 Å².